The molecule has 8 nitrogen and oxygen atoms in total. The number of nitriles is 1. The quantitative estimate of drug-likeness (QED) is 0.251. The van der Waals surface area contributed by atoms with Crippen molar-refractivity contribution in [2.24, 2.45) is 0 Å². The van der Waals surface area contributed by atoms with E-state index in [4.69, 9.17) is 26.8 Å². The van der Waals surface area contributed by atoms with Crippen LogP contribution in [-0.4, -0.2) is 65.2 Å². The van der Waals surface area contributed by atoms with E-state index < -0.39 is 36.6 Å². The highest BCUT2D eigenvalue weighted by molar-refractivity contribution is 7.23. The van der Waals surface area contributed by atoms with E-state index in [1.54, 1.807) is 0 Å². The largest absolute Gasteiger partial charge is 0.489 e. The lowest BCUT2D eigenvalue weighted by atomic mass is 9.95. The van der Waals surface area contributed by atoms with Gasteiger partial charge in [-0.2, -0.15) is 15.2 Å². The minimum Gasteiger partial charge on any atom is -0.489 e. The summed E-state index contributed by atoms with van der Waals surface area (Å²) in [5.41, 5.74) is 5.58. The van der Waals surface area contributed by atoms with Gasteiger partial charge in [-0.1, -0.05) is 17.7 Å². The van der Waals surface area contributed by atoms with Crippen LogP contribution in [0.3, 0.4) is 0 Å². The van der Waals surface area contributed by atoms with Crippen LogP contribution in [0.4, 0.5) is 28.4 Å². The molecule has 0 amide bonds. The molecule has 4 aliphatic rings. The van der Waals surface area contributed by atoms with Gasteiger partial charge in [0.25, 0.3) is 5.92 Å². The van der Waals surface area contributed by atoms with Crippen molar-refractivity contribution in [2.45, 2.75) is 49.6 Å². The van der Waals surface area contributed by atoms with Gasteiger partial charge < -0.3 is 20.1 Å². The second-order valence-corrected chi connectivity index (χ2v) is 13.4. The Morgan fingerprint density at radius 2 is 1.95 bits per heavy atom. The van der Waals surface area contributed by atoms with Crippen molar-refractivity contribution in [3.63, 3.8) is 0 Å². The fourth-order valence-electron chi connectivity index (χ4n) is 7.52. The van der Waals surface area contributed by atoms with Gasteiger partial charge >= 0.3 is 6.01 Å². The second kappa shape index (κ2) is 9.70. The molecule has 2 N–H and O–H groups in total. The van der Waals surface area contributed by atoms with E-state index in [1.165, 1.54) is 11.0 Å². The Morgan fingerprint density at radius 3 is 2.70 bits per heavy atom. The molecule has 0 bridgehead atoms. The van der Waals surface area contributed by atoms with Crippen LogP contribution in [0, 0.1) is 23.0 Å². The number of ether oxygens (including phenoxy) is 2. The minimum absolute atomic E-state index is 0.00550. The molecule has 6 heterocycles. The molecule has 1 unspecified atom stereocenters. The number of hydrogen-bond donors (Lipinski definition) is 1. The number of rotatable bonds is 4. The van der Waals surface area contributed by atoms with Crippen LogP contribution in [-0.2, 0) is 0 Å². The van der Waals surface area contributed by atoms with Crippen LogP contribution >= 0.6 is 22.9 Å². The highest BCUT2D eigenvalue weighted by Crippen LogP contribution is 2.52. The first-order valence-electron chi connectivity index (χ1n) is 14.4. The van der Waals surface area contributed by atoms with Gasteiger partial charge in [-0.15, -0.1) is 11.3 Å². The third kappa shape index (κ3) is 3.96. The summed E-state index contributed by atoms with van der Waals surface area (Å²) in [6, 6.07) is 3.57. The molecule has 0 saturated carbocycles. The van der Waals surface area contributed by atoms with Crippen molar-refractivity contribution >= 4 is 54.7 Å². The van der Waals surface area contributed by atoms with Crippen molar-refractivity contribution in [3.8, 4) is 29.0 Å². The van der Waals surface area contributed by atoms with E-state index in [0.717, 1.165) is 56.2 Å². The maximum absolute atomic E-state index is 16.9. The van der Waals surface area contributed by atoms with Crippen LogP contribution in [0.1, 0.15) is 37.7 Å². The zero-order chi connectivity index (χ0) is 30.5. The number of fused-ring (bicyclic) bond motifs is 4. The molecule has 14 heteroatoms. The number of halogens is 5. The van der Waals surface area contributed by atoms with Gasteiger partial charge in [0.05, 0.1) is 38.8 Å². The molecule has 4 aromatic rings. The lowest BCUT2D eigenvalue weighted by Crippen LogP contribution is -2.43. The number of thiophene rings is 1. The Hall–Kier alpha value is -3.60. The fourth-order valence-corrected chi connectivity index (χ4v) is 8.80. The van der Waals surface area contributed by atoms with Crippen LogP contribution in [0.25, 0.3) is 32.1 Å². The number of nitrogen functional groups attached to an aromatic ring is 1. The van der Waals surface area contributed by atoms with Gasteiger partial charge in [-0.25, -0.2) is 17.6 Å². The Kier molecular flexibility index (Phi) is 6.15. The monoisotopic (exact) mass is 644 g/mol. The predicted molar refractivity (Wildman–Crippen MR) is 159 cm³/mol. The first kappa shape index (κ1) is 27.9. The van der Waals surface area contributed by atoms with E-state index in [9.17, 15) is 18.4 Å². The standard InChI is InChI=1S/C30H25ClF4N6O2S/c31-21-19(15-3-4-17(32)25-18(15)16(10-36)26(37)44-25)22(33)23-20-24(21)42-11-14-9-30(34,35)12-41(14)27(20)39-28(38-23)43-13-29-5-1-7-40(29)8-2-6-29/h3-4,14H,1-2,5-9,11-13,37H2. The maximum Gasteiger partial charge on any atom is 0.319 e. The highest BCUT2D eigenvalue weighted by atomic mass is 35.5. The number of nitrogens with zero attached hydrogens (tertiary/aromatic N) is 5. The SMILES string of the molecule is N#Cc1c(N)sc2c(F)ccc(-c3c(Cl)c4c5c(nc(OCC67CCCN6CCC7)nc5c3F)N3CC(F)(F)CC3CO4)c12. The number of alkyl halides is 2. The van der Waals surface area contributed by atoms with Gasteiger partial charge in [-0.3, -0.25) is 4.90 Å². The van der Waals surface area contributed by atoms with Crippen molar-refractivity contribution in [1.82, 2.24) is 14.9 Å². The summed E-state index contributed by atoms with van der Waals surface area (Å²) < 4.78 is 73.5. The third-order valence-corrected chi connectivity index (χ3v) is 10.9. The Bertz CT molecular complexity index is 1920. The van der Waals surface area contributed by atoms with E-state index in [2.05, 4.69) is 14.9 Å². The van der Waals surface area contributed by atoms with E-state index in [0.29, 0.717) is 0 Å². The average Bonchev–Trinajstić information content (AvgIpc) is 3.71. The van der Waals surface area contributed by atoms with Gasteiger partial charge in [0.15, 0.2) is 11.6 Å². The minimum atomic E-state index is -3.01. The molecular formula is C30H25ClF4N6O2S. The normalized spacial score (nSPS) is 21.7. The topological polar surface area (TPSA) is 101 Å². The molecule has 228 valence electrons. The molecule has 44 heavy (non-hydrogen) atoms. The van der Waals surface area contributed by atoms with Gasteiger partial charge in [-0.05, 0) is 50.4 Å². The Labute approximate surface area is 257 Å². The summed E-state index contributed by atoms with van der Waals surface area (Å²) in [5, 5.41) is 9.91. The molecule has 1 atom stereocenters. The maximum atomic E-state index is 16.9. The first-order chi connectivity index (χ1) is 21.1. The smallest absolute Gasteiger partial charge is 0.319 e. The fraction of sp³-hybridized carbons (Fsp3) is 0.433. The van der Waals surface area contributed by atoms with Crippen LogP contribution in [0.2, 0.25) is 5.02 Å². The molecule has 3 fully saturated rings. The number of aromatic nitrogens is 2. The first-order valence-corrected chi connectivity index (χ1v) is 15.6. The van der Waals surface area contributed by atoms with Crippen LogP contribution < -0.4 is 20.1 Å². The Morgan fingerprint density at radius 1 is 1.18 bits per heavy atom. The number of hydrogen-bond acceptors (Lipinski definition) is 9. The summed E-state index contributed by atoms with van der Waals surface area (Å²) in [6.45, 7) is 1.43. The van der Waals surface area contributed by atoms with Gasteiger partial charge in [0.1, 0.15) is 41.4 Å². The van der Waals surface area contributed by atoms with E-state index in [1.807, 2.05) is 6.07 Å². The van der Waals surface area contributed by atoms with E-state index in [-0.39, 0.29) is 84.0 Å². The molecule has 0 spiro atoms. The lowest BCUT2D eigenvalue weighted by molar-refractivity contribution is 0.0205. The molecule has 0 radical (unpaired) electrons. The number of nitrogens with two attached hydrogens (primary N) is 1. The summed E-state index contributed by atoms with van der Waals surface area (Å²) in [7, 11) is 0. The molecule has 8 rings (SSSR count). The van der Waals surface area contributed by atoms with Gasteiger partial charge in [0, 0.05) is 17.4 Å². The zero-order valence-electron chi connectivity index (χ0n) is 23.2. The second-order valence-electron chi connectivity index (χ2n) is 12.0. The summed E-state index contributed by atoms with van der Waals surface area (Å²) in [6.07, 6.45) is 3.50. The van der Waals surface area contributed by atoms with Crippen LogP contribution in [0.15, 0.2) is 12.1 Å². The molecular weight excluding hydrogens is 620 g/mol. The predicted octanol–water partition coefficient (Wildman–Crippen LogP) is 6.51. The molecule has 0 aliphatic carbocycles. The zero-order valence-corrected chi connectivity index (χ0v) is 24.8. The molecule has 2 aromatic carbocycles. The van der Waals surface area contributed by atoms with Crippen molar-refractivity contribution < 1.29 is 27.0 Å². The lowest BCUT2D eigenvalue weighted by Gasteiger charge is -2.31. The summed E-state index contributed by atoms with van der Waals surface area (Å²) in [4.78, 5) is 12.9. The summed E-state index contributed by atoms with van der Waals surface area (Å²) >= 11 is 7.76. The van der Waals surface area contributed by atoms with Crippen LogP contribution in [0.5, 0.6) is 11.8 Å². The van der Waals surface area contributed by atoms with Crippen molar-refractivity contribution in [3.05, 3.63) is 34.4 Å². The van der Waals surface area contributed by atoms with Crippen molar-refractivity contribution in [1.29, 1.82) is 5.26 Å². The highest BCUT2D eigenvalue weighted by Gasteiger charge is 2.49. The molecule has 2 aromatic heterocycles. The molecule has 4 aliphatic heterocycles. The molecule has 3 saturated heterocycles. The number of anilines is 2. The van der Waals surface area contributed by atoms with E-state index >= 15 is 4.39 Å². The third-order valence-electron chi connectivity index (χ3n) is 9.49. The Balaban J connectivity index is 1.36. The summed E-state index contributed by atoms with van der Waals surface area (Å²) in [5.74, 6) is -4.46. The average molecular weight is 645 g/mol. The number of benzene rings is 2. The van der Waals surface area contributed by atoms with Gasteiger partial charge in [0.2, 0.25) is 0 Å². The van der Waals surface area contributed by atoms with Crippen molar-refractivity contribution in [2.75, 3.05) is 43.5 Å².